The summed E-state index contributed by atoms with van der Waals surface area (Å²) in [5.74, 6) is -5.00. The summed E-state index contributed by atoms with van der Waals surface area (Å²) in [5.41, 5.74) is 5.77. The monoisotopic (exact) mass is 1470 g/mol. The van der Waals surface area contributed by atoms with E-state index in [1.54, 1.807) is 54.8 Å². The van der Waals surface area contributed by atoms with Crippen LogP contribution < -0.4 is 16.0 Å². The van der Waals surface area contributed by atoms with E-state index < -0.39 is 64.5 Å². The Hall–Kier alpha value is -7.71. The minimum atomic E-state index is -1.05. The molecule has 3 aromatic heterocycles. The molecule has 6 N–H and O–H groups in total. The quantitative estimate of drug-likeness (QED) is 0.0586. The van der Waals surface area contributed by atoms with E-state index in [1.807, 2.05) is 20.8 Å². The van der Waals surface area contributed by atoms with Crippen molar-refractivity contribution in [3.63, 3.8) is 0 Å². The lowest BCUT2D eigenvalue weighted by Crippen LogP contribution is -2.40. The van der Waals surface area contributed by atoms with Crippen molar-refractivity contribution in [1.29, 1.82) is 0 Å². The number of benzene rings is 3. The third kappa shape index (κ3) is 14.7. The van der Waals surface area contributed by atoms with E-state index in [0.29, 0.717) is 131 Å². The SMILES string of the molecule is CC[C@H](O)[C@@H]1CN(C)C(=O)c2c3c(nn2C1)CCN(C(=O)Nc1ccc(F)c(Br)c1)C3.CC[C@H](O)[C@@H]1CN(C)C(=O)c2c3c(nn2C1)CCN(C(=O)Nc1ccc(F)c(Br)c1F)C3.CC[C@H](O)[C@@H]1CN(C)C(=O)c2c3c(nn2C1)CCN(C(=O)Nc1ccc(F)c(Cl)c1F)C3. The smallest absolute Gasteiger partial charge is 0.322 e. The lowest BCUT2D eigenvalue weighted by Gasteiger charge is -2.28. The van der Waals surface area contributed by atoms with Gasteiger partial charge < -0.3 is 60.7 Å². The maximum atomic E-state index is 14.3. The third-order valence-corrected chi connectivity index (χ3v) is 19.9. The largest absolute Gasteiger partial charge is 0.393 e. The Morgan fingerprint density at radius 1 is 0.526 bits per heavy atom. The van der Waals surface area contributed by atoms with Gasteiger partial charge in [-0.15, -0.1) is 0 Å². The molecule has 510 valence electrons. The lowest BCUT2D eigenvalue weighted by molar-refractivity contribution is 0.0618. The van der Waals surface area contributed by atoms with Crippen LogP contribution in [-0.4, -0.2) is 189 Å². The van der Waals surface area contributed by atoms with Gasteiger partial charge in [0, 0.05) is 139 Å². The molecule has 0 aliphatic carbocycles. The molecule has 6 aliphatic heterocycles. The predicted molar refractivity (Wildman–Crippen MR) is 346 cm³/mol. The first-order valence-corrected chi connectivity index (χ1v) is 33.1. The highest BCUT2D eigenvalue weighted by Crippen LogP contribution is 2.34. The van der Waals surface area contributed by atoms with Gasteiger partial charge in [0.25, 0.3) is 17.7 Å². The predicted octanol–water partition coefficient (Wildman–Crippen LogP) is 8.71. The molecular formula is C63H73Br2ClF5N15O9. The van der Waals surface area contributed by atoms with E-state index in [0.717, 1.165) is 46.9 Å². The van der Waals surface area contributed by atoms with Crippen LogP contribution in [0.3, 0.4) is 0 Å². The Morgan fingerprint density at radius 2 is 0.874 bits per heavy atom. The maximum absolute atomic E-state index is 14.3. The molecule has 0 spiro atoms. The topological polar surface area (TPSA) is 272 Å². The van der Waals surface area contributed by atoms with Crippen molar-refractivity contribution in [2.75, 3.05) is 76.4 Å². The number of amides is 9. The van der Waals surface area contributed by atoms with E-state index in [2.05, 4.69) is 63.1 Å². The molecule has 0 saturated heterocycles. The molecule has 6 aromatic rings. The van der Waals surface area contributed by atoms with E-state index >= 15 is 0 Å². The molecule has 0 fully saturated rings. The molecule has 32 heteroatoms. The van der Waals surface area contributed by atoms with Gasteiger partial charge in [0.15, 0.2) is 11.6 Å². The molecular weight excluding hydrogens is 1400 g/mol. The van der Waals surface area contributed by atoms with Crippen molar-refractivity contribution in [2.24, 2.45) is 17.8 Å². The number of rotatable bonds is 9. The first kappa shape index (κ1) is 70.1. The molecule has 12 rings (SSSR count). The van der Waals surface area contributed by atoms with Gasteiger partial charge in [-0.05, 0) is 93.6 Å². The number of carbonyl (C=O) groups is 6. The first-order valence-electron chi connectivity index (χ1n) is 31.2. The number of halogens is 8. The molecule has 6 aliphatic rings. The number of nitrogens with zero attached hydrogens (tertiary/aromatic N) is 12. The van der Waals surface area contributed by atoms with E-state index in [1.165, 1.54) is 28.0 Å². The van der Waals surface area contributed by atoms with Crippen LogP contribution in [0.2, 0.25) is 5.02 Å². The number of hydrogen-bond donors (Lipinski definition) is 6. The van der Waals surface area contributed by atoms with Crippen LogP contribution >= 0.6 is 43.5 Å². The zero-order valence-corrected chi connectivity index (χ0v) is 56.8. The van der Waals surface area contributed by atoms with Crippen LogP contribution in [0.5, 0.6) is 0 Å². The van der Waals surface area contributed by atoms with Crippen LogP contribution in [0.1, 0.15) is 105 Å². The summed E-state index contributed by atoms with van der Waals surface area (Å²) in [7, 11) is 5.10. The Kier molecular flexibility index (Phi) is 21.6. The molecule has 95 heavy (non-hydrogen) atoms. The number of fused-ring (bicyclic) bond motifs is 9. The zero-order valence-electron chi connectivity index (χ0n) is 52.9. The fourth-order valence-corrected chi connectivity index (χ4v) is 13.6. The van der Waals surface area contributed by atoms with E-state index in [-0.39, 0.29) is 81.5 Å². The second-order valence-corrected chi connectivity index (χ2v) is 26.5. The van der Waals surface area contributed by atoms with Gasteiger partial charge >= 0.3 is 18.1 Å². The van der Waals surface area contributed by atoms with Gasteiger partial charge in [0.2, 0.25) is 0 Å². The number of carbonyl (C=O) groups excluding carboxylic acids is 6. The molecule has 0 unspecified atom stereocenters. The fourth-order valence-electron chi connectivity index (χ4n) is 12.7. The highest BCUT2D eigenvalue weighted by atomic mass is 79.9. The average Bonchev–Trinajstić information content (AvgIpc) is 1.62. The lowest BCUT2D eigenvalue weighted by atomic mass is 10.0. The van der Waals surface area contributed by atoms with E-state index in [9.17, 15) is 66.0 Å². The molecule has 0 radical (unpaired) electrons. The maximum Gasteiger partial charge on any atom is 0.322 e. The van der Waals surface area contributed by atoms with Crippen LogP contribution in [0.15, 0.2) is 51.4 Å². The summed E-state index contributed by atoms with van der Waals surface area (Å²) in [4.78, 5) is 86.9. The van der Waals surface area contributed by atoms with Gasteiger partial charge in [-0.1, -0.05) is 32.4 Å². The first-order chi connectivity index (χ1) is 45.2. The number of anilines is 3. The number of aromatic nitrogens is 6. The normalized spacial score (nSPS) is 19.4. The molecule has 9 amide bonds. The van der Waals surface area contributed by atoms with Crippen LogP contribution in [0, 0.1) is 46.8 Å². The Bertz CT molecular complexity index is 3800. The van der Waals surface area contributed by atoms with Crippen molar-refractivity contribution in [3.05, 3.63) is 136 Å². The van der Waals surface area contributed by atoms with Gasteiger partial charge in [0.1, 0.15) is 39.6 Å². The van der Waals surface area contributed by atoms with Crippen molar-refractivity contribution in [2.45, 2.75) is 117 Å². The highest BCUT2D eigenvalue weighted by Gasteiger charge is 2.40. The van der Waals surface area contributed by atoms with Crippen molar-refractivity contribution < 1.29 is 66.0 Å². The standard InChI is InChI=1S/C21H24BrF2N5O3.C21H25BrFN5O3.C21H24ClF2N5O3/c1-3-16(30)11-8-27(2)20(31)19-12-10-28(7-6-14(12)26-29(19)9-11)21(32)25-15-5-4-13(23)17(22)18(15)24;1-3-18(29)12-9-26(2)20(30)19-14-11-27(7-6-17(14)25-28(19)10-12)21(31)24-13-4-5-16(23)15(22)8-13;1-3-16(30)11-8-27(2)20(31)19-12-10-28(7-6-14(12)26-29(19)9-11)21(32)25-15-5-4-13(23)17(22)18(15)24/h4-5,11,16,30H,3,6-10H2,1-2H3,(H,25,32);4-5,8,12,18,29H,3,6-7,9-11H2,1-2H3,(H,24,31);4-5,11,16,30H,3,6-10H2,1-2H3,(H,25,32)/t11-,16+;12-,18+;11-,16+/m111/s1. The Morgan fingerprint density at radius 3 is 1.24 bits per heavy atom. The average molecular weight is 1470 g/mol. The summed E-state index contributed by atoms with van der Waals surface area (Å²) >= 11 is 11.5. The summed E-state index contributed by atoms with van der Waals surface area (Å²) in [6.07, 6.45) is 1.53. The fraction of sp³-hybridized carbons (Fsp3) is 0.476. The molecule has 9 heterocycles. The van der Waals surface area contributed by atoms with Crippen LogP contribution in [-0.2, 0) is 58.5 Å². The molecule has 0 bridgehead atoms. The van der Waals surface area contributed by atoms with Crippen LogP contribution in [0.25, 0.3) is 0 Å². The summed E-state index contributed by atoms with van der Waals surface area (Å²) in [6.45, 7) is 9.88. The second kappa shape index (κ2) is 29.3. The third-order valence-electron chi connectivity index (χ3n) is 18.2. The molecule has 0 saturated carbocycles. The molecule has 3 aromatic carbocycles. The van der Waals surface area contributed by atoms with E-state index in [4.69, 9.17) is 11.6 Å². The van der Waals surface area contributed by atoms with Crippen molar-refractivity contribution in [3.8, 4) is 0 Å². The van der Waals surface area contributed by atoms with Gasteiger partial charge in [-0.2, -0.15) is 15.3 Å². The second-order valence-electron chi connectivity index (χ2n) is 24.5. The number of nitrogens with one attached hydrogen (secondary N) is 3. The Labute approximate surface area is 565 Å². The minimum Gasteiger partial charge on any atom is -0.393 e. The summed E-state index contributed by atoms with van der Waals surface area (Å²) < 4.78 is 73.7. The highest BCUT2D eigenvalue weighted by molar-refractivity contribution is 9.10. The number of aliphatic hydroxyl groups excluding tert-OH is 3. The van der Waals surface area contributed by atoms with Gasteiger partial charge in [-0.3, -0.25) is 28.4 Å². The number of aliphatic hydroxyl groups is 3. The Balaban J connectivity index is 0.000000155. The van der Waals surface area contributed by atoms with Gasteiger partial charge in [0.05, 0.1) is 75.3 Å². The molecule has 6 atom stereocenters. The summed E-state index contributed by atoms with van der Waals surface area (Å²) in [6, 6.07) is 7.11. The molecule has 24 nitrogen and oxygen atoms in total. The van der Waals surface area contributed by atoms with Crippen molar-refractivity contribution >= 4 is 96.3 Å². The van der Waals surface area contributed by atoms with Gasteiger partial charge in [-0.25, -0.2) is 36.3 Å². The zero-order chi connectivity index (χ0) is 68.6. The van der Waals surface area contributed by atoms with Crippen LogP contribution in [0.4, 0.5) is 53.4 Å². The number of urea groups is 3. The van der Waals surface area contributed by atoms with Crippen molar-refractivity contribution in [1.82, 2.24) is 58.7 Å². The number of hydrogen-bond acceptors (Lipinski definition) is 12. The summed E-state index contributed by atoms with van der Waals surface area (Å²) in [5, 5.41) is 51.9. The minimum absolute atomic E-state index is 0.0992.